The molecule has 13 heavy (non-hydrogen) atoms. The molecule has 0 saturated heterocycles. The predicted molar refractivity (Wildman–Crippen MR) is 53.7 cm³/mol. The Bertz CT molecular complexity index is 172. The second kappa shape index (κ2) is 4.72. The number of carbonyl (C=O) groups is 1. The van der Waals surface area contributed by atoms with E-state index in [1.807, 2.05) is 18.9 Å². The molecule has 1 atom stereocenters. The summed E-state index contributed by atoms with van der Waals surface area (Å²) in [6, 6.07) is 0.198. The van der Waals surface area contributed by atoms with Crippen LogP contribution in [0.2, 0.25) is 0 Å². The summed E-state index contributed by atoms with van der Waals surface area (Å²) in [5.41, 5.74) is -0.695. The highest BCUT2D eigenvalue weighted by molar-refractivity contribution is 5.76. The number of nitrogens with zero attached hydrogens (tertiary/aromatic N) is 1. The largest absolute Gasteiger partial charge is 0.389 e. The number of aliphatic hydroxyl groups is 1. The molecule has 0 saturated carbocycles. The summed E-state index contributed by atoms with van der Waals surface area (Å²) in [6.45, 7) is 7.71. The quantitative estimate of drug-likeness (QED) is 0.699. The molecule has 0 fully saturated rings. The van der Waals surface area contributed by atoms with Gasteiger partial charge in [0, 0.05) is 19.0 Å². The molecule has 3 heteroatoms. The lowest BCUT2D eigenvalue weighted by Gasteiger charge is -2.29. The van der Waals surface area contributed by atoms with E-state index in [1.54, 1.807) is 20.8 Å². The molecule has 3 nitrogen and oxygen atoms in total. The normalized spacial score (nSPS) is 14.7. The van der Waals surface area contributed by atoms with Crippen LogP contribution in [0.15, 0.2) is 0 Å². The Balaban J connectivity index is 3.96. The zero-order valence-corrected chi connectivity index (χ0v) is 9.29. The highest BCUT2D eigenvalue weighted by atomic mass is 16.3. The average molecular weight is 187 g/mol. The van der Waals surface area contributed by atoms with Crippen LogP contribution in [0.25, 0.3) is 0 Å². The smallest absolute Gasteiger partial charge is 0.131 e. The van der Waals surface area contributed by atoms with Crippen LogP contribution in [-0.4, -0.2) is 41.0 Å². The molecule has 1 unspecified atom stereocenters. The summed E-state index contributed by atoms with van der Waals surface area (Å²) in [6.07, 6.45) is 0.548. The predicted octanol–water partition coefficient (Wildman–Crippen LogP) is 1.06. The van der Waals surface area contributed by atoms with Crippen molar-refractivity contribution in [2.75, 3.05) is 13.6 Å². The van der Waals surface area contributed by atoms with E-state index >= 15 is 0 Å². The molecule has 0 heterocycles. The van der Waals surface area contributed by atoms with Gasteiger partial charge in [-0.25, -0.2) is 0 Å². The second-order valence-electron chi connectivity index (χ2n) is 4.48. The summed E-state index contributed by atoms with van der Waals surface area (Å²) in [5, 5.41) is 9.54. The summed E-state index contributed by atoms with van der Waals surface area (Å²) >= 11 is 0. The van der Waals surface area contributed by atoms with Crippen molar-refractivity contribution in [3.8, 4) is 0 Å². The van der Waals surface area contributed by atoms with Crippen molar-refractivity contribution in [3.05, 3.63) is 0 Å². The first-order chi connectivity index (χ1) is 5.72. The van der Waals surface area contributed by atoms with Crippen LogP contribution in [0.1, 0.15) is 34.1 Å². The van der Waals surface area contributed by atoms with E-state index in [-0.39, 0.29) is 11.8 Å². The van der Waals surface area contributed by atoms with Crippen molar-refractivity contribution in [2.45, 2.75) is 45.8 Å². The molecular formula is C10H21NO2. The van der Waals surface area contributed by atoms with Crippen molar-refractivity contribution < 1.29 is 9.90 Å². The molecule has 0 aliphatic carbocycles. The van der Waals surface area contributed by atoms with Gasteiger partial charge in [-0.3, -0.25) is 4.79 Å². The van der Waals surface area contributed by atoms with Gasteiger partial charge in [-0.05, 0) is 34.7 Å². The monoisotopic (exact) mass is 187 g/mol. The zero-order chi connectivity index (χ0) is 10.6. The molecule has 0 aliphatic heterocycles. The van der Waals surface area contributed by atoms with Gasteiger partial charge in [-0.1, -0.05) is 0 Å². The molecule has 0 radical (unpaired) electrons. The Morgan fingerprint density at radius 1 is 1.54 bits per heavy atom. The van der Waals surface area contributed by atoms with Gasteiger partial charge >= 0.3 is 0 Å². The lowest BCUT2D eigenvalue weighted by atomic mass is 10.1. The molecule has 0 spiro atoms. The standard InChI is InChI=1S/C10H21NO2/c1-8(6-9(2)12)11(5)7-10(3,4)13/h8,13H,6-7H2,1-5H3. The van der Waals surface area contributed by atoms with Crippen LogP contribution >= 0.6 is 0 Å². The fourth-order valence-electron chi connectivity index (χ4n) is 1.34. The van der Waals surface area contributed by atoms with Gasteiger partial charge in [0.25, 0.3) is 0 Å². The third kappa shape index (κ3) is 6.72. The maximum atomic E-state index is 10.8. The SMILES string of the molecule is CC(=O)CC(C)N(C)CC(C)(C)O. The number of ketones is 1. The second-order valence-corrected chi connectivity index (χ2v) is 4.48. The molecule has 0 bridgehead atoms. The molecule has 0 aromatic carbocycles. The number of Topliss-reactive ketones (excluding diaryl/α,β-unsaturated/α-hetero) is 1. The van der Waals surface area contributed by atoms with Crippen molar-refractivity contribution >= 4 is 5.78 Å². The highest BCUT2D eigenvalue weighted by Gasteiger charge is 2.19. The Kier molecular flexibility index (Phi) is 4.57. The molecule has 0 amide bonds. The van der Waals surface area contributed by atoms with Gasteiger partial charge in [0.2, 0.25) is 0 Å². The molecule has 78 valence electrons. The van der Waals surface area contributed by atoms with Crippen molar-refractivity contribution in [2.24, 2.45) is 0 Å². The summed E-state index contributed by atoms with van der Waals surface area (Å²) in [4.78, 5) is 12.8. The molecule has 0 rings (SSSR count). The Morgan fingerprint density at radius 3 is 2.31 bits per heavy atom. The van der Waals surface area contributed by atoms with Gasteiger partial charge in [0.05, 0.1) is 5.60 Å². The van der Waals surface area contributed by atoms with E-state index in [9.17, 15) is 9.90 Å². The van der Waals surface area contributed by atoms with E-state index in [0.29, 0.717) is 13.0 Å². The first kappa shape index (κ1) is 12.6. The third-order valence-corrected chi connectivity index (χ3v) is 1.97. The van der Waals surface area contributed by atoms with Crippen molar-refractivity contribution in [1.82, 2.24) is 4.90 Å². The lowest BCUT2D eigenvalue weighted by Crippen LogP contribution is -2.41. The molecule has 0 aromatic heterocycles. The van der Waals surface area contributed by atoms with Crippen LogP contribution < -0.4 is 0 Å². The van der Waals surface area contributed by atoms with E-state index in [1.165, 1.54) is 0 Å². The van der Waals surface area contributed by atoms with Gasteiger partial charge in [-0.2, -0.15) is 0 Å². The highest BCUT2D eigenvalue weighted by Crippen LogP contribution is 2.08. The number of likely N-dealkylation sites (N-methyl/N-ethyl adjacent to an activating group) is 1. The van der Waals surface area contributed by atoms with Crippen molar-refractivity contribution in [1.29, 1.82) is 0 Å². The Labute approximate surface area is 80.7 Å². The zero-order valence-electron chi connectivity index (χ0n) is 9.29. The van der Waals surface area contributed by atoms with E-state index in [4.69, 9.17) is 0 Å². The van der Waals surface area contributed by atoms with Crippen LogP contribution in [0.4, 0.5) is 0 Å². The fraction of sp³-hybridized carbons (Fsp3) is 0.900. The minimum Gasteiger partial charge on any atom is -0.389 e. The molecule has 0 aliphatic rings. The summed E-state index contributed by atoms with van der Waals surface area (Å²) in [5.74, 6) is 0.190. The fourth-order valence-corrected chi connectivity index (χ4v) is 1.34. The topological polar surface area (TPSA) is 40.5 Å². The van der Waals surface area contributed by atoms with Gasteiger partial charge < -0.3 is 10.0 Å². The summed E-state index contributed by atoms with van der Waals surface area (Å²) in [7, 11) is 1.92. The minimum atomic E-state index is -0.695. The third-order valence-electron chi connectivity index (χ3n) is 1.97. The first-order valence-electron chi connectivity index (χ1n) is 4.64. The van der Waals surface area contributed by atoms with Gasteiger partial charge in [0.15, 0.2) is 0 Å². The maximum absolute atomic E-state index is 10.8. The lowest BCUT2D eigenvalue weighted by molar-refractivity contribution is -0.118. The van der Waals surface area contributed by atoms with Gasteiger partial charge in [-0.15, -0.1) is 0 Å². The van der Waals surface area contributed by atoms with Crippen LogP contribution in [0, 0.1) is 0 Å². The van der Waals surface area contributed by atoms with Crippen molar-refractivity contribution in [3.63, 3.8) is 0 Å². The number of rotatable bonds is 5. The van der Waals surface area contributed by atoms with E-state index < -0.39 is 5.60 Å². The van der Waals surface area contributed by atoms with Crippen LogP contribution in [0.5, 0.6) is 0 Å². The van der Waals surface area contributed by atoms with Gasteiger partial charge in [0.1, 0.15) is 5.78 Å². The first-order valence-corrected chi connectivity index (χ1v) is 4.64. The Morgan fingerprint density at radius 2 is 2.00 bits per heavy atom. The van der Waals surface area contributed by atoms with Crippen LogP contribution in [0.3, 0.4) is 0 Å². The van der Waals surface area contributed by atoms with Crippen LogP contribution in [-0.2, 0) is 4.79 Å². The number of hydrogen-bond donors (Lipinski definition) is 1. The summed E-state index contributed by atoms with van der Waals surface area (Å²) < 4.78 is 0. The Hall–Kier alpha value is -0.410. The number of carbonyl (C=O) groups excluding carboxylic acids is 1. The van der Waals surface area contributed by atoms with E-state index in [0.717, 1.165) is 0 Å². The molecule has 1 N–H and O–H groups in total. The number of hydrogen-bond acceptors (Lipinski definition) is 3. The minimum absolute atomic E-state index is 0.190. The van der Waals surface area contributed by atoms with E-state index in [2.05, 4.69) is 0 Å². The maximum Gasteiger partial charge on any atom is 0.131 e. The molecular weight excluding hydrogens is 166 g/mol. The molecule has 0 aromatic rings. The average Bonchev–Trinajstić information content (AvgIpc) is 1.81.